The number of nitro groups is 1. The Morgan fingerprint density at radius 2 is 1.06 bits per heavy atom. The first-order valence-electron chi connectivity index (χ1n) is 11.6. The van der Waals surface area contributed by atoms with Crippen molar-refractivity contribution >= 4 is 33.1 Å². The van der Waals surface area contributed by atoms with Gasteiger partial charge in [-0.05, 0) is 63.5 Å². The first-order chi connectivity index (χ1) is 15.9. The van der Waals surface area contributed by atoms with E-state index in [9.17, 15) is 33.6 Å². The molecule has 0 heterocycles. The maximum Gasteiger partial charge on any atom is 0.269 e. The molecule has 2 aliphatic carbocycles. The topological polar surface area (TPSA) is 207 Å². The van der Waals surface area contributed by atoms with Crippen molar-refractivity contribution in [3.63, 3.8) is 0 Å². The van der Waals surface area contributed by atoms with E-state index in [0.717, 1.165) is 51.4 Å². The van der Waals surface area contributed by atoms with Gasteiger partial charge in [0.25, 0.3) is 5.69 Å². The van der Waals surface area contributed by atoms with Crippen LogP contribution in [-0.4, -0.2) is 63.0 Å². The van der Waals surface area contributed by atoms with Gasteiger partial charge in [0.05, 0.1) is 4.92 Å². The van der Waals surface area contributed by atoms with Crippen molar-refractivity contribution < 1.29 is 33.3 Å². The zero-order valence-corrected chi connectivity index (χ0v) is 23.3. The molecule has 35 heavy (non-hydrogen) atoms. The Kier molecular flexibility index (Phi) is 12.5. The molecule has 11 nitrogen and oxygen atoms in total. The van der Waals surface area contributed by atoms with Crippen LogP contribution >= 0.6 is 22.1 Å². The molecule has 0 bridgehead atoms. The second-order valence-electron chi connectivity index (χ2n) is 9.68. The highest BCUT2D eigenvalue weighted by atomic mass is 31.2. The number of hydrogen-bond acceptors (Lipinski definition) is 7. The van der Waals surface area contributed by atoms with Crippen molar-refractivity contribution in [2.75, 3.05) is 20.0 Å². The average molecular weight is 555 g/mol. The van der Waals surface area contributed by atoms with Gasteiger partial charge in [0.2, 0.25) is 22.1 Å². The number of nitro benzene ring substituents is 1. The summed E-state index contributed by atoms with van der Waals surface area (Å²) < 4.78 is 33.5. The van der Waals surface area contributed by atoms with E-state index in [-0.39, 0.29) is 34.4 Å². The lowest BCUT2D eigenvalue weighted by Crippen LogP contribution is -2.28. The molecule has 2 saturated carbocycles. The van der Waals surface area contributed by atoms with Crippen molar-refractivity contribution in [2.24, 2.45) is 11.5 Å². The summed E-state index contributed by atoms with van der Waals surface area (Å²) in [6.07, 6.45) is 6.92. The third-order valence-electron chi connectivity index (χ3n) is 6.38. The lowest BCUT2D eigenvalue weighted by atomic mass is 9.96. The maximum atomic E-state index is 11.2. The molecule has 0 amide bonds. The van der Waals surface area contributed by atoms with E-state index in [1.807, 2.05) is 0 Å². The van der Waals surface area contributed by atoms with Gasteiger partial charge in [0.15, 0.2) is 0 Å². The van der Waals surface area contributed by atoms with E-state index in [4.69, 9.17) is 16.4 Å². The van der Waals surface area contributed by atoms with E-state index >= 15 is 0 Å². The first kappa shape index (κ1) is 32.1. The van der Waals surface area contributed by atoms with Gasteiger partial charge in [-0.2, -0.15) is 0 Å². The van der Waals surface area contributed by atoms with Crippen molar-refractivity contribution in [1.82, 2.24) is 0 Å². The Hall–Kier alpha value is -0.890. The van der Waals surface area contributed by atoms with E-state index < -0.39 is 27.0 Å². The fourth-order valence-corrected chi connectivity index (χ4v) is 7.23. The van der Waals surface area contributed by atoms with Gasteiger partial charge in [0, 0.05) is 60.8 Å². The van der Waals surface area contributed by atoms with Crippen LogP contribution in [0.1, 0.15) is 51.4 Å². The highest BCUT2D eigenvalue weighted by Gasteiger charge is 2.30. The summed E-state index contributed by atoms with van der Waals surface area (Å²) in [5.74, 6) is 0. The minimum atomic E-state index is -3.29. The molecule has 3 atom stereocenters. The monoisotopic (exact) mass is 555 g/mol. The molecule has 7 N–H and O–H groups in total. The fourth-order valence-electron chi connectivity index (χ4n) is 4.01. The Labute approximate surface area is 207 Å². The predicted molar refractivity (Wildman–Crippen MR) is 140 cm³/mol. The highest BCUT2D eigenvalue weighted by Crippen LogP contribution is 2.49. The Morgan fingerprint density at radius 1 is 0.743 bits per heavy atom. The van der Waals surface area contributed by atoms with Crippen LogP contribution in [0, 0.1) is 10.1 Å². The van der Waals surface area contributed by atoms with Crippen molar-refractivity contribution in [2.45, 2.75) is 74.8 Å². The van der Waals surface area contributed by atoms with Crippen LogP contribution in [-0.2, 0) is 13.7 Å². The average Bonchev–Trinajstić information content (AvgIpc) is 2.73. The summed E-state index contributed by atoms with van der Waals surface area (Å²) in [5, 5.41) is 10.5. The van der Waals surface area contributed by atoms with E-state index in [0.29, 0.717) is 0 Å². The van der Waals surface area contributed by atoms with Crippen LogP contribution in [0.15, 0.2) is 24.3 Å². The number of non-ortho nitro benzene ring substituents is 1. The van der Waals surface area contributed by atoms with Crippen molar-refractivity contribution in [3.8, 4) is 0 Å². The van der Waals surface area contributed by atoms with Gasteiger partial charge in [-0.3, -0.25) is 23.8 Å². The number of hydrogen-bond donors (Lipinski definition) is 5. The van der Waals surface area contributed by atoms with Crippen molar-refractivity contribution in [3.05, 3.63) is 34.4 Å². The van der Waals surface area contributed by atoms with Crippen LogP contribution in [0.4, 0.5) is 5.69 Å². The van der Waals surface area contributed by atoms with Gasteiger partial charge in [-0.1, -0.05) is 0 Å². The Balaban J connectivity index is 0.000000264. The molecule has 202 valence electrons. The Bertz CT molecular complexity index is 901. The number of nitrogens with two attached hydrogens (primary N) is 2. The number of nitrogens with zero attached hydrogens (tertiary/aromatic N) is 1. The SMILES string of the molecule is CP(=O)(O)C1CCC(N)CC1.CP(=O)(O)C1CCC(N)CC1.CP(=O)(O)c1ccc([N+](=O)[O-])cc1. The normalized spacial score (nSPS) is 29.5. The largest absolute Gasteiger partial charge is 0.344 e. The molecule has 3 rings (SSSR count). The van der Waals surface area contributed by atoms with E-state index in [2.05, 4.69) is 0 Å². The van der Waals surface area contributed by atoms with Gasteiger partial charge < -0.3 is 26.1 Å². The molecular formula is C21H40N3O8P3. The van der Waals surface area contributed by atoms with Crippen LogP contribution in [0.25, 0.3) is 0 Å². The molecule has 1 aromatic rings. The second-order valence-corrected chi connectivity index (χ2v) is 17.2. The summed E-state index contributed by atoms with van der Waals surface area (Å²) in [7, 11) is -8.94. The molecule has 1 aromatic carbocycles. The van der Waals surface area contributed by atoms with E-state index in [1.54, 1.807) is 0 Å². The van der Waals surface area contributed by atoms with Gasteiger partial charge >= 0.3 is 0 Å². The number of benzene rings is 1. The third-order valence-corrected chi connectivity index (χ3v) is 11.4. The standard InChI is InChI=1S/C7H8NO4P.2C7H16NO2P/c1-13(11,12)7-4-2-6(3-5-7)8(9)10;2*1-11(9,10)7-4-2-6(8)3-5-7/h2-5H,1H3,(H,11,12);2*6-7H,2-5,8H2,1H3,(H,9,10). The minimum Gasteiger partial charge on any atom is -0.344 e. The van der Waals surface area contributed by atoms with E-state index in [1.165, 1.54) is 44.3 Å². The van der Waals surface area contributed by atoms with Crippen LogP contribution in [0.3, 0.4) is 0 Å². The van der Waals surface area contributed by atoms with Crippen LogP contribution in [0.2, 0.25) is 0 Å². The smallest absolute Gasteiger partial charge is 0.269 e. The zero-order chi connectivity index (χ0) is 27.0. The molecule has 0 radical (unpaired) electrons. The summed E-state index contributed by atoms with van der Waals surface area (Å²) in [6, 6.07) is 5.52. The molecule has 0 aromatic heterocycles. The predicted octanol–water partition coefficient (Wildman–Crippen LogP) is 3.43. The molecule has 0 saturated heterocycles. The zero-order valence-electron chi connectivity index (χ0n) is 20.6. The lowest BCUT2D eigenvalue weighted by Gasteiger charge is -2.27. The molecule has 14 heteroatoms. The van der Waals surface area contributed by atoms with Gasteiger partial charge in [-0.15, -0.1) is 0 Å². The van der Waals surface area contributed by atoms with Crippen LogP contribution in [0.5, 0.6) is 0 Å². The van der Waals surface area contributed by atoms with Crippen LogP contribution < -0.4 is 16.8 Å². The second kappa shape index (κ2) is 13.6. The van der Waals surface area contributed by atoms with Gasteiger partial charge in [-0.25, -0.2) is 0 Å². The highest BCUT2D eigenvalue weighted by molar-refractivity contribution is 7.65. The summed E-state index contributed by atoms with van der Waals surface area (Å²) >= 11 is 0. The molecular weight excluding hydrogens is 515 g/mol. The molecule has 3 unspecified atom stereocenters. The lowest BCUT2D eigenvalue weighted by molar-refractivity contribution is -0.384. The number of rotatable bonds is 4. The maximum absolute atomic E-state index is 11.2. The third kappa shape index (κ3) is 12.3. The molecule has 0 spiro atoms. The Morgan fingerprint density at radius 3 is 1.29 bits per heavy atom. The quantitative estimate of drug-likeness (QED) is 0.208. The minimum absolute atomic E-state index is 0.0160. The summed E-state index contributed by atoms with van der Waals surface area (Å²) in [5.41, 5.74) is 11.3. The first-order valence-corrected chi connectivity index (χ1v) is 18.0. The van der Waals surface area contributed by atoms with Crippen molar-refractivity contribution in [1.29, 1.82) is 0 Å². The molecule has 2 fully saturated rings. The fraction of sp³-hybridized carbons (Fsp3) is 0.714. The molecule has 2 aliphatic rings. The molecule has 0 aliphatic heterocycles. The van der Waals surface area contributed by atoms with Gasteiger partial charge in [0.1, 0.15) is 0 Å². The summed E-state index contributed by atoms with van der Waals surface area (Å²) in [4.78, 5) is 37.3. The summed E-state index contributed by atoms with van der Waals surface area (Å²) in [6.45, 7) is 4.09.